The number of hydrogen-bond acceptors (Lipinski definition) is 3. The molecule has 0 saturated carbocycles. The molecule has 0 heterocycles. The van der Waals surface area contributed by atoms with Gasteiger partial charge < -0.3 is 15.0 Å². The van der Waals surface area contributed by atoms with Gasteiger partial charge in [-0.25, -0.2) is 0 Å². The zero-order chi connectivity index (χ0) is 12.7. The molecule has 1 rings (SSSR count). The number of aldehydes is 1. The van der Waals surface area contributed by atoms with Gasteiger partial charge >= 0.3 is 0 Å². The lowest BCUT2D eigenvalue weighted by Gasteiger charge is -2.24. The smallest absolute Gasteiger partial charge is 0.224 e. The number of carbonyl (C=O) groups excluding carboxylic acids is 2. The zero-order valence-electron chi connectivity index (χ0n) is 10.3. The van der Waals surface area contributed by atoms with Crippen molar-refractivity contribution in [2.24, 2.45) is 0 Å². The van der Waals surface area contributed by atoms with Crippen molar-refractivity contribution < 1.29 is 9.59 Å². The van der Waals surface area contributed by atoms with Crippen LogP contribution in [0.5, 0.6) is 0 Å². The molecular weight excluding hydrogens is 216 g/mol. The summed E-state index contributed by atoms with van der Waals surface area (Å²) < 4.78 is 0. The van der Waals surface area contributed by atoms with Crippen molar-refractivity contribution in [1.82, 2.24) is 10.2 Å². The largest absolute Gasteiger partial charge is 0.386 e. The Kier molecular flexibility index (Phi) is 5.20. The Labute approximate surface area is 102 Å². The molecule has 0 aliphatic heterocycles. The van der Waals surface area contributed by atoms with Crippen LogP contribution >= 0.6 is 0 Å². The summed E-state index contributed by atoms with van der Waals surface area (Å²) in [5.41, 5.74) is 1.62. The highest BCUT2D eigenvalue weighted by atomic mass is 16.2. The summed E-state index contributed by atoms with van der Waals surface area (Å²) in [5, 5.41) is 3.05. The van der Waals surface area contributed by atoms with Crippen LogP contribution < -0.4 is 5.32 Å². The average Bonchev–Trinajstić information content (AvgIpc) is 2.27. The van der Waals surface area contributed by atoms with E-state index in [4.69, 9.17) is 0 Å². The Morgan fingerprint density at radius 3 is 2.88 bits per heavy atom. The maximum atomic E-state index is 11.5. The van der Waals surface area contributed by atoms with Crippen LogP contribution in [0, 0.1) is 0 Å². The first kappa shape index (κ1) is 13.2. The molecule has 0 radical (unpaired) electrons. The van der Waals surface area contributed by atoms with Crippen LogP contribution in [-0.4, -0.2) is 30.7 Å². The summed E-state index contributed by atoms with van der Waals surface area (Å²) in [6.07, 6.45) is 10.4. The van der Waals surface area contributed by atoms with Crippen LogP contribution in [0.3, 0.4) is 0 Å². The third-order valence-electron chi connectivity index (χ3n) is 2.54. The lowest BCUT2D eigenvalue weighted by Crippen LogP contribution is -2.33. The van der Waals surface area contributed by atoms with E-state index in [9.17, 15) is 9.59 Å². The minimum absolute atomic E-state index is 0.0872. The molecule has 4 nitrogen and oxygen atoms in total. The highest BCUT2D eigenvalue weighted by Crippen LogP contribution is 2.17. The molecule has 1 amide bonds. The van der Waals surface area contributed by atoms with Crippen LogP contribution in [0.25, 0.3) is 0 Å². The van der Waals surface area contributed by atoms with Gasteiger partial charge in [0.2, 0.25) is 5.91 Å². The molecular formula is C13H18N2O2. The van der Waals surface area contributed by atoms with Gasteiger partial charge in [0.25, 0.3) is 0 Å². The minimum atomic E-state index is -0.131. The first-order valence-electron chi connectivity index (χ1n) is 5.67. The lowest BCUT2D eigenvalue weighted by atomic mass is 10.1. The first-order chi connectivity index (χ1) is 8.20. The number of rotatable bonds is 4. The summed E-state index contributed by atoms with van der Waals surface area (Å²) >= 11 is 0. The van der Waals surface area contributed by atoms with E-state index < -0.39 is 0 Å². The van der Waals surface area contributed by atoms with E-state index in [-0.39, 0.29) is 12.5 Å². The van der Waals surface area contributed by atoms with Crippen molar-refractivity contribution in [2.45, 2.75) is 19.8 Å². The van der Waals surface area contributed by atoms with E-state index >= 15 is 0 Å². The highest BCUT2D eigenvalue weighted by molar-refractivity contribution is 5.79. The number of nitrogens with one attached hydrogen (secondary N) is 1. The summed E-state index contributed by atoms with van der Waals surface area (Å²) in [6, 6.07) is 0. The van der Waals surface area contributed by atoms with Gasteiger partial charge in [-0.3, -0.25) is 4.79 Å². The predicted molar refractivity (Wildman–Crippen MR) is 67.1 cm³/mol. The van der Waals surface area contributed by atoms with Gasteiger partial charge in [0.1, 0.15) is 6.29 Å². The second kappa shape index (κ2) is 6.68. The first-order valence-corrected chi connectivity index (χ1v) is 5.67. The topological polar surface area (TPSA) is 49.4 Å². The second-order valence-corrected chi connectivity index (χ2v) is 3.72. The number of likely N-dealkylation sites (N-methyl/N-ethyl adjacent to an activating group) is 1. The number of allylic oxidation sites excluding steroid dienone is 4. The summed E-state index contributed by atoms with van der Waals surface area (Å²) in [7, 11) is 1.80. The Bertz CT molecular complexity index is 381. The minimum Gasteiger partial charge on any atom is -0.386 e. The third-order valence-corrected chi connectivity index (χ3v) is 2.54. The number of amides is 1. The molecule has 92 valence electrons. The van der Waals surface area contributed by atoms with Crippen LogP contribution in [0.15, 0.2) is 35.7 Å². The fourth-order valence-electron chi connectivity index (χ4n) is 1.71. The van der Waals surface area contributed by atoms with Crippen molar-refractivity contribution in [3.05, 3.63) is 35.7 Å². The van der Waals surface area contributed by atoms with Crippen LogP contribution in [0.1, 0.15) is 19.8 Å². The van der Waals surface area contributed by atoms with Gasteiger partial charge in [-0.05, 0) is 18.9 Å². The van der Waals surface area contributed by atoms with Crippen molar-refractivity contribution in [3.8, 4) is 0 Å². The van der Waals surface area contributed by atoms with E-state index in [0.29, 0.717) is 0 Å². The van der Waals surface area contributed by atoms with E-state index in [1.165, 1.54) is 11.8 Å². The monoisotopic (exact) mass is 234 g/mol. The van der Waals surface area contributed by atoms with Gasteiger partial charge in [0, 0.05) is 14.0 Å². The van der Waals surface area contributed by atoms with Crippen molar-refractivity contribution in [3.63, 3.8) is 0 Å². The molecule has 0 aromatic rings. The number of carbonyl (C=O) groups is 2. The molecule has 0 aromatic heterocycles. The fraction of sp³-hybridized carbons (Fsp3) is 0.385. The molecule has 1 aliphatic carbocycles. The van der Waals surface area contributed by atoms with E-state index in [1.54, 1.807) is 7.05 Å². The van der Waals surface area contributed by atoms with Crippen molar-refractivity contribution in [2.75, 3.05) is 13.6 Å². The van der Waals surface area contributed by atoms with Crippen LogP contribution in [0.4, 0.5) is 0 Å². The van der Waals surface area contributed by atoms with Gasteiger partial charge in [0.05, 0.1) is 17.9 Å². The third kappa shape index (κ3) is 3.59. The Hall–Kier alpha value is -1.84. The van der Waals surface area contributed by atoms with Crippen molar-refractivity contribution >= 4 is 12.2 Å². The van der Waals surface area contributed by atoms with Gasteiger partial charge in [-0.1, -0.05) is 18.2 Å². The van der Waals surface area contributed by atoms with Crippen molar-refractivity contribution in [1.29, 1.82) is 0 Å². The zero-order valence-corrected chi connectivity index (χ0v) is 10.3. The van der Waals surface area contributed by atoms with Gasteiger partial charge in [-0.2, -0.15) is 0 Å². The quantitative estimate of drug-likeness (QED) is 0.747. The van der Waals surface area contributed by atoms with E-state index in [2.05, 4.69) is 11.4 Å². The number of nitrogens with zero attached hydrogens (tertiary/aromatic N) is 1. The Morgan fingerprint density at radius 1 is 1.53 bits per heavy atom. The lowest BCUT2D eigenvalue weighted by molar-refractivity contribution is -0.128. The van der Waals surface area contributed by atoms with Gasteiger partial charge in [0.15, 0.2) is 0 Å². The molecule has 0 saturated heterocycles. The summed E-state index contributed by atoms with van der Waals surface area (Å²) in [6.45, 7) is 1.55. The Balaban J connectivity index is 3.07. The molecule has 0 aromatic carbocycles. The van der Waals surface area contributed by atoms with E-state index in [0.717, 1.165) is 30.5 Å². The predicted octanol–water partition coefficient (Wildman–Crippen LogP) is 1.37. The maximum Gasteiger partial charge on any atom is 0.224 e. The second-order valence-electron chi connectivity index (χ2n) is 3.72. The number of hydrogen-bond donors (Lipinski definition) is 1. The molecule has 17 heavy (non-hydrogen) atoms. The molecule has 1 N–H and O–H groups in total. The standard InChI is InChI=1S/C13H18N2O2/c1-11(17)15(9-10-16)13-8-6-4-3-5-7-12(13)14-2/h3,5,7-8,10,14H,4,6,9H2,1-2H3/b5-3-,12-7+,13-8-. The van der Waals surface area contributed by atoms with Crippen LogP contribution in [0.2, 0.25) is 0 Å². The summed E-state index contributed by atoms with van der Waals surface area (Å²) in [5.74, 6) is -0.131. The SMILES string of the molecule is CNC1=C/C=C\CC\C=C\1N(CC=O)C(C)=O. The average molecular weight is 234 g/mol. The summed E-state index contributed by atoms with van der Waals surface area (Å²) in [4.78, 5) is 23.7. The molecule has 0 fully saturated rings. The van der Waals surface area contributed by atoms with Gasteiger partial charge in [-0.15, -0.1) is 0 Å². The Morgan fingerprint density at radius 2 is 2.29 bits per heavy atom. The molecule has 0 unspecified atom stereocenters. The normalized spacial score (nSPS) is 23.2. The molecule has 0 atom stereocenters. The highest BCUT2D eigenvalue weighted by Gasteiger charge is 2.16. The maximum absolute atomic E-state index is 11.5. The molecule has 0 bridgehead atoms. The molecule has 4 heteroatoms. The fourth-order valence-corrected chi connectivity index (χ4v) is 1.71. The van der Waals surface area contributed by atoms with Crippen LogP contribution in [-0.2, 0) is 9.59 Å². The molecule has 1 aliphatic rings. The van der Waals surface area contributed by atoms with E-state index in [1.807, 2.05) is 18.2 Å². The molecule has 0 spiro atoms.